The van der Waals surface area contributed by atoms with E-state index in [1.807, 2.05) is 12.1 Å². The summed E-state index contributed by atoms with van der Waals surface area (Å²) >= 11 is 0. The molecule has 0 aliphatic heterocycles. The first-order valence-electron chi connectivity index (χ1n) is 4.94. The second-order valence-electron chi connectivity index (χ2n) is 3.61. The Balaban J connectivity index is 3.29. The van der Waals surface area contributed by atoms with E-state index in [2.05, 4.69) is 6.92 Å². The minimum atomic E-state index is 0.568. The molecule has 0 amide bonds. The highest BCUT2D eigenvalue weighted by molar-refractivity contribution is 6.12. The van der Waals surface area contributed by atoms with E-state index in [0.29, 0.717) is 11.3 Å². The summed E-state index contributed by atoms with van der Waals surface area (Å²) in [5, 5.41) is 0. The van der Waals surface area contributed by atoms with Crippen LogP contribution in [0.2, 0.25) is 0 Å². The summed E-state index contributed by atoms with van der Waals surface area (Å²) in [6.07, 6.45) is 0. The maximum Gasteiger partial charge on any atom is 0.203 e. The van der Waals surface area contributed by atoms with Gasteiger partial charge >= 0.3 is 0 Å². The molecular formula is C11H18O3Si. The Morgan fingerprint density at radius 2 is 1.47 bits per heavy atom. The van der Waals surface area contributed by atoms with Crippen molar-refractivity contribution < 1.29 is 14.2 Å². The Hall–Kier alpha value is -1.16. The van der Waals surface area contributed by atoms with Gasteiger partial charge in [0.15, 0.2) is 11.5 Å². The molecule has 15 heavy (non-hydrogen) atoms. The van der Waals surface area contributed by atoms with Gasteiger partial charge in [-0.25, -0.2) is 0 Å². The van der Waals surface area contributed by atoms with Crippen molar-refractivity contribution in [2.24, 2.45) is 0 Å². The van der Waals surface area contributed by atoms with Gasteiger partial charge in [0.2, 0.25) is 5.75 Å². The van der Waals surface area contributed by atoms with Gasteiger partial charge in [0, 0.05) is 10.2 Å². The van der Waals surface area contributed by atoms with Gasteiger partial charge in [-0.2, -0.15) is 0 Å². The molecule has 0 aliphatic rings. The fourth-order valence-electron chi connectivity index (χ4n) is 1.43. The molecule has 0 radical (unpaired) electrons. The minimum Gasteiger partial charge on any atom is -0.493 e. The van der Waals surface area contributed by atoms with Crippen LogP contribution < -0.4 is 14.2 Å². The maximum atomic E-state index is 5.28. The van der Waals surface area contributed by atoms with E-state index in [1.54, 1.807) is 21.3 Å². The third kappa shape index (κ3) is 2.44. The lowest BCUT2D eigenvalue weighted by Gasteiger charge is -2.15. The molecule has 4 heteroatoms. The third-order valence-electron chi connectivity index (χ3n) is 2.35. The van der Waals surface area contributed by atoms with E-state index >= 15 is 0 Å². The highest BCUT2D eigenvalue weighted by atomic mass is 28.1. The lowest BCUT2D eigenvalue weighted by atomic mass is 10.1. The van der Waals surface area contributed by atoms with Crippen molar-refractivity contribution in [3.8, 4) is 17.2 Å². The van der Waals surface area contributed by atoms with Crippen molar-refractivity contribution in [2.45, 2.75) is 12.5 Å². The molecule has 0 fully saturated rings. The van der Waals surface area contributed by atoms with Crippen LogP contribution in [0.1, 0.15) is 18.0 Å². The Morgan fingerprint density at radius 3 is 1.73 bits per heavy atom. The smallest absolute Gasteiger partial charge is 0.203 e. The van der Waals surface area contributed by atoms with Crippen molar-refractivity contribution in [1.29, 1.82) is 0 Å². The summed E-state index contributed by atoms with van der Waals surface area (Å²) in [7, 11) is 6.00. The lowest BCUT2D eigenvalue weighted by molar-refractivity contribution is 0.324. The maximum absolute atomic E-state index is 5.28. The van der Waals surface area contributed by atoms with Crippen molar-refractivity contribution in [2.75, 3.05) is 21.3 Å². The quantitative estimate of drug-likeness (QED) is 0.721. The van der Waals surface area contributed by atoms with Crippen LogP contribution in [0.5, 0.6) is 17.2 Å². The number of hydrogen-bond donors (Lipinski definition) is 0. The topological polar surface area (TPSA) is 27.7 Å². The molecule has 1 unspecified atom stereocenters. The molecule has 1 aromatic rings. The lowest BCUT2D eigenvalue weighted by Crippen LogP contribution is -1.99. The first-order valence-corrected chi connectivity index (χ1v) is 6.09. The second kappa shape index (κ2) is 5.07. The minimum absolute atomic E-state index is 0.568. The molecule has 0 heterocycles. The molecule has 0 aromatic heterocycles. The average molecular weight is 226 g/mol. The average Bonchev–Trinajstić information content (AvgIpc) is 2.26. The summed E-state index contributed by atoms with van der Waals surface area (Å²) < 4.78 is 15.8. The monoisotopic (exact) mass is 226 g/mol. The van der Waals surface area contributed by atoms with E-state index in [4.69, 9.17) is 14.2 Å². The Kier molecular flexibility index (Phi) is 4.02. The molecule has 84 valence electrons. The van der Waals surface area contributed by atoms with Gasteiger partial charge in [0.1, 0.15) is 0 Å². The summed E-state index contributed by atoms with van der Waals surface area (Å²) in [6, 6.07) is 4.03. The van der Waals surface area contributed by atoms with Crippen molar-refractivity contribution in [3.05, 3.63) is 17.7 Å². The van der Waals surface area contributed by atoms with Gasteiger partial charge in [-0.3, -0.25) is 0 Å². The largest absolute Gasteiger partial charge is 0.493 e. The summed E-state index contributed by atoms with van der Waals surface area (Å²) in [6.45, 7) is 2.19. The van der Waals surface area contributed by atoms with Gasteiger partial charge in [0.05, 0.1) is 21.3 Å². The normalized spacial score (nSPS) is 12.3. The van der Waals surface area contributed by atoms with Crippen LogP contribution in [-0.4, -0.2) is 31.6 Å². The molecule has 0 bridgehead atoms. The highest BCUT2D eigenvalue weighted by Crippen LogP contribution is 2.39. The fourth-order valence-corrected chi connectivity index (χ4v) is 1.77. The standard InChI is InChI=1S/C11H18O3Si/c1-7(15)8-5-9(12-2)11(14-4)10(6-8)13-3/h5-7H,1-4,15H3. The van der Waals surface area contributed by atoms with Gasteiger partial charge in [-0.05, 0) is 23.2 Å². The highest BCUT2D eigenvalue weighted by Gasteiger charge is 2.14. The summed E-state index contributed by atoms with van der Waals surface area (Å²) in [5.74, 6) is 2.12. The van der Waals surface area contributed by atoms with Crippen LogP contribution in [0.4, 0.5) is 0 Å². The zero-order valence-corrected chi connectivity index (χ0v) is 12.0. The Bertz CT molecular complexity index is 312. The molecule has 1 atom stereocenters. The van der Waals surface area contributed by atoms with E-state index in [0.717, 1.165) is 21.7 Å². The van der Waals surface area contributed by atoms with Crippen molar-refractivity contribution in [3.63, 3.8) is 0 Å². The van der Waals surface area contributed by atoms with Crippen molar-refractivity contribution in [1.82, 2.24) is 0 Å². The van der Waals surface area contributed by atoms with Crippen molar-refractivity contribution >= 4 is 10.2 Å². The van der Waals surface area contributed by atoms with Crippen LogP contribution in [-0.2, 0) is 0 Å². The zero-order chi connectivity index (χ0) is 11.4. The molecule has 0 aliphatic carbocycles. The SMILES string of the molecule is COc1cc(C(C)[SiH3])cc(OC)c1OC. The van der Waals surface area contributed by atoms with Crippen LogP contribution in [0.3, 0.4) is 0 Å². The van der Waals surface area contributed by atoms with Crippen LogP contribution in [0.25, 0.3) is 0 Å². The van der Waals surface area contributed by atoms with Crippen LogP contribution in [0, 0.1) is 0 Å². The number of ether oxygens (including phenoxy) is 3. The molecule has 0 spiro atoms. The predicted octanol–water partition coefficient (Wildman–Crippen LogP) is 1.14. The zero-order valence-electron chi connectivity index (χ0n) is 9.96. The van der Waals surface area contributed by atoms with Gasteiger partial charge < -0.3 is 14.2 Å². The fraction of sp³-hybridized carbons (Fsp3) is 0.455. The number of benzene rings is 1. The predicted molar refractivity (Wildman–Crippen MR) is 64.5 cm³/mol. The number of methoxy groups -OCH3 is 3. The molecule has 0 saturated heterocycles. The van der Waals surface area contributed by atoms with E-state index in [9.17, 15) is 0 Å². The van der Waals surface area contributed by atoms with E-state index < -0.39 is 0 Å². The number of rotatable bonds is 4. The van der Waals surface area contributed by atoms with Crippen LogP contribution in [0.15, 0.2) is 12.1 Å². The van der Waals surface area contributed by atoms with E-state index in [-0.39, 0.29) is 0 Å². The van der Waals surface area contributed by atoms with Gasteiger partial charge in [-0.15, -0.1) is 0 Å². The Morgan fingerprint density at radius 1 is 1.00 bits per heavy atom. The molecule has 1 aromatic carbocycles. The van der Waals surface area contributed by atoms with E-state index in [1.165, 1.54) is 5.56 Å². The van der Waals surface area contributed by atoms with Gasteiger partial charge in [-0.1, -0.05) is 6.92 Å². The first-order chi connectivity index (χ1) is 7.13. The Labute approximate surface area is 93.8 Å². The first kappa shape index (κ1) is 11.9. The molecule has 1 rings (SSSR count). The molecule has 3 nitrogen and oxygen atoms in total. The summed E-state index contributed by atoms with van der Waals surface area (Å²) in [4.78, 5) is 0. The summed E-state index contributed by atoms with van der Waals surface area (Å²) in [5.41, 5.74) is 1.80. The second-order valence-corrected chi connectivity index (χ2v) is 5.35. The molecule has 0 N–H and O–H groups in total. The van der Waals surface area contributed by atoms with Gasteiger partial charge in [0.25, 0.3) is 0 Å². The molecular weight excluding hydrogens is 208 g/mol. The number of hydrogen-bond acceptors (Lipinski definition) is 3. The molecule has 0 saturated carbocycles. The third-order valence-corrected chi connectivity index (χ3v) is 3.02. The van der Waals surface area contributed by atoms with Crippen LogP contribution >= 0.6 is 0 Å².